The van der Waals surface area contributed by atoms with Gasteiger partial charge in [-0.15, -0.1) is 0 Å². The maximum absolute atomic E-state index is 8.79. The maximum Gasteiger partial charge on any atom is 0.129 e. The molecule has 0 radical (unpaired) electrons. The Morgan fingerprint density at radius 1 is 1.24 bits per heavy atom. The summed E-state index contributed by atoms with van der Waals surface area (Å²) < 4.78 is 16.1. The summed E-state index contributed by atoms with van der Waals surface area (Å²) in [6.07, 6.45) is 2.08. The van der Waals surface area contributed by atoms with Gasteiger partial charge in [0.05, 0.1) is 26.6 Å². The third-order valence-corrected chi connectivity index (χ3v) is 2.85. The Balaban J connectivity index is 2.05. The molecule has 21 heavy (non-hydrogen) atoms. The standard InChI is InChI=1S/C17H18O4/c1-19-16-8-7-14(5-2-3-9-18)15(11-16)12-20-13-17-6-4-10-21-17/h4,6-8,10-11,18H,3,9,12-13H2,1H3. The predicted octanol–water partition coefficient (Wildman–Crippen LogP) is 2.74. The lowest BCUT2D eigenvalue weighted by Gasteiger charge is -2.08. The van der Waals surface area contributed by atoms with Gasteiger partial charge in [0.15, 0.2) is 0 Å². The fraction of sp³-hybridized carbons (Fsp3) is 0.294. The van der Waals surface area contributed by atoms with Gasteiger partial charge in [-0.1, -0.05) is 11.8 Å². The summed E-state index contributed by atoms with van der Waals surface area (Å²) >= 11 is 0. The number of methoxy groups -OCH3 is 1. The average molecular weight is 286 g/mol. The van der Waals surface area contributed by atoms with Gasteiger partial charge in [-0.3, -0.25) is 0 Å². The van der Waals surface area contributed by atoms with Crippen LogP contribution < -0.4 is 4.74 Å². The zero-order valence-corrected chi connectivity index (χ0v) is 12.0. The van der Waals surface area contributed by atoms with Crippen LogP contribution in [0.4, 0.5) is 0 Å². The predicted molar refractivity (Wildman–Crippen MR) is 78.8 cm³/mol. The van der Waals surface area contributed by atoms with Crippen molar-refractivity contribution in [2.75, 3.05) is 13.7 Å². The van der Waals surface area contributed by atoms with Gasteiger partial charge in [-0.05, 0) is 35.9 Å². The fourth-order valence-electron chi connectivity index (χ4n) is 1.81. The minimum absolute atomic E-state index is 0.0630. The normalized spacial score (nSPS) is 10.0. The zero-order valence-electron chi connectivity index (χ0n) is 12.0. The monoisotopic (exact) mass is 286 g/mol. The van der Waals surface area contributed by atoms with Gasteiger partial charge in [0.2, 0.25) is 0 Å². The molecule has 0 saturated carbocycles. The number of hydrogen-bond acceptors (Lipinski definition) is 4. The number of rotatable bonds is 6. The van der Waals surface area contributed by atoms with Crippen molar-refractivity contribution in [3.63, 3.8) is 0 Å². The molecule has 110 valence electrons. The molecule has 0 aliphatic carbocycles. The second-order valence-corrected chi connectivity index (χ2v) is 4.37. The molecule has 0 bridgehead atoms. The fourth-order valence-corrected chi connectivity index (χ4v) is 1.81. The molecule has 0 aliphatic rings. The highest BCUT2D eigenvalue weighted by atomic mass is 16.5. The summed E-state index contributed by atoms with van der Waals surface area (Å²) in [5, 5.41) is 8.79. The number of aliphatic hydroxyl groups excluding tert-OH is 1. The first kappa shape index (κ1) is 15.2. The van der Waals surface area contributed by atoms with Crippen molar-refractivity contribution >= 4 is 0 Å². The van der Waals surface area contributed by atoms with E-state index in [2.05, 4.69) is 11.8 Å². The van der Waals surface area contributed by atoms with Crippen LogP contribution >= 0.6 is 0 Å². The van der Waals surface area contributed by atoms with Crippen molar-refractivity contribution in [1.29, 1.82) is 0 Å². The van der Waals surface area contributed by atoms with E-state index in [0.717, 1.165) is 22.6 Å². The number of furan rings is 1. The smallest absolute Gasteiger partial charge is 0.129 e. The van der Waals surface area contributed by atoms with Crippen molar-refractivity contribution in [3.05, 3.63) is 53.5 Å². The number of ether oxygens (including phenoxy) is 2. The highest BCUT2D eigenvalue weighted by molar-refractivity contribution is 5.45. The Morgan fingerprint density at radius 3 is 2.86 bits per heavy atom. The summed E-state index contributed by atoms with van der Waals surface area (Å²) in [5.74, 6) is 7.50. The summed E-state index contributed by atoms with van der Waals surface area (Å²) in [6.45, 7) is 0.891. The van der Waals surface area contributed by atoms with E-state index >= 15 is 0 Å². The SMILES string of the molecule is COc1ccc(C#CCCO)c(COCc2ccco2)c1. The highest BCUT2D eigenvalue weighted by Crippen LogP contribution is 2.18. The van der Waals surface area contributed by atoms with Crippen molar-refractivity contribution in [2.45, 2.75) is 19.6 Å². The molecule has 1 aromatic carbocycles. The third kappa shape index (κ3) is 4.67. The molecule has 0 fully saturated rings. The van der Waals surface area contributed by atoms with Crippen molar-refractivity contribution in [3.8, 4) is 17.6 Å². The van der Waals surface area contributed by atoms with Gasteiger partial charge in [0.25, 0.3) is 0 Å². The summed E-state index contributed by atoms with van der Waals surface area (Å²) in [5.41, 5.74) is 1.83. The first-order chi connectivity index (χ1) is 10.3. The lowest BCUT2D eigenvalue weighted by molar-refractivity contribution is 0.0927. The van der Waals surface area contributed by atoms with Gasteiger partial charge in [0.1, 0.15) is 18.1 Å². The van der Waals surface area contributed by atoms with E-state index in [9.17, 15) is 0 Å². The quantitative estimate of drug-likeness (QED) is 0.830. The third-order valence-electron chi connectivity index (χ3n) is 2.85. The Labute approximate surface area is 124 Å². The number of aliphatic hydroxyl groups is 1. The maximum atomic E-state index is 8.79. The van der Waals surface area contributed by atoms with Gasteiger partial charge >= 0.3 is 0 Å². The molecule has 0 amide bonds. The lowest BCUT2D eigenvalue weighted by Crippen LogP contribution is -1.97. The molecule has 1 heterocycles. The minimum Gasteiger partial charge on any atom is -0.497 e. The van der Waals surface area contributed by atoms with Crippen LogP contribution in [0.3, 0.4) is 0 Å². The summed E-state index contributed by atoms with van der Waals surface area (Å²) in [7, 11) is 1.62. The second kappa shape index (κ2) is 8.15. The van der Waals surface area contributed by atoms with Crippen LogP contribution in [0.15, 0.2) is 41.0 Å². The second-order valence-electron chi connectivity index (χ2n) is 4.37. The first-order valence-electron chi connectivity index (χ1n) is 6.70. The molecule has 2 aromatic rings. The topological polar surface area (TPSA) is 51.8 Å². The van der Waals surface area contributed by atoms with Crippen LogP contribution in [0.2, 0.25) is 0 Å². The van der Waals surface area contributed by atoms with Crippen LogP contribution in [0.25, 0.3) is 0 Å². The molecular weight excluding hydrogens is 268 g/mol. The van der Waals surface area contributed by atoms with Crippen LogP contribution in [-0.4, -0.2) is 18.8 Å². The van der Waals surface area contributed by atoms with Crippen molar-refractivity contribution in [2.24, 2.45) is 0 Å². The minimum atomic E-state index is 0.0630. The van der Waals surface area contributed by atoms with Crippen molar-refractivity contribution < 1.29 is 19.0 Å². The van der Waals surface area contributed by atoms with E-state index in [1.54, 1.807) is 13.4 Å². The Bertz CT molecular complexity index is 605. The van der Waals surface area contributed by atoms with Crippen molar-refractivity contribution in [1.82, 2.24) is 0 Å². The molecule has 4 nitrogen and oxygen atoms in total. The molecular formula is C17H18O4. The molecule has 1 aromatic heterocycles. The van der Waals surface area contributed by atoms with Gasteiger partial charge in [0, 0.05) is 12.0 Å². The Morgan fingerprint density at radius 2 is 2.14 bits per heavy atom. The molecule has 0 spiro atoms. The van der Waals surface area contributed by atoms with E-state index < -0.39 is 0 Å². The summed E-state index contributed by atoms with van der Waals surface area (Å²) in [4.78, 5) is 0. The van der Waals surface area contributed by atoms with Crippen LogP contribution in [-0.2, 0) is 18.0 Å². The highest BCUT2D eigenvalue weighted by Gasteiger charge is 2.04. The van der Waals surface area contributed by atoms with E-state index in [1.807, 2.05) is 30.3 Å². The van der Waals surface area contributed by atoms with E-state index in [0.29, 0.717) is 19.6 Å². The average Bonchev–Trinajstić information content (AvgIpc) is 3.02. The zero-order chi connectivity index (χ0) is 14.9. The number of hydrogen-bond donors (Lipinski definition) is 1. The number of benzene rings is 1. The van der Waals surface area contributed by atoms with Crippen LogP contribution in [0.1, 0.15) is 23.3 Å². The molecule has 0 aliphatic heterocycles. The molecule has 0 unspecified atom stereocenters. The largest absolute Gasteiger partial charge is 0.497 e. The summed E-state index contributed by atoms with van der Waals surface area (Å²) in [6, 6.07) is 9.36. The van der Waals surface area contributed by atoms with Crippen LogP contribution in [0.5, 0.6) is 5.75 Å². The first-order valence-corrected chi connectivity index (χ1v) is 6.70. The molecule has 0 atom stereocenters. The molecule has 4 heteroatoms. The Kier molecular flexibility index (Phi) is 5.89. The molecule has 0 saturated heterocycles. The van der Waals surface area contributed by atoms with Crippen LogP contribution in [0, 0.1) is 11.8 Å². The van der Waals surface area contributed by atoms with E-state index in [4.69, 9.17) is 19.0 Å². The molecule has 2 rings (SSSR count). The van der Waals surface area contributed by atoms with Gasteiger partial charge in [-0.25, -0.2) is 0 Å². The lowest BCUT2D eigenvalue weighted by atomic mass is 10.1. The molecule has 1 N–H and O–H groups in total. The van der Waals surface area contributed by atoms with E-state index in [-0.39, 0.29) is 6.61 Å². The van der Waals surface area contributed by atoms with E-state index in [1.165, 1.54) is 0 Å². The Hall–Kier alpha value is -2.22. The van der Waals surface area contributed by atoms with Gasteiger partial charge in [-0.2, -0.15) is 0 Å². The van der Waals surface area contributed by atoms with Gasteiger partial charge < -0.3 is 19.0 Å².